The minimum absolute atomic E-state index is 0.0868. The van der Waals surface area contributed by atoms with Gasteiger partial charge in [-0.2, -0.15) is 5.10 Å². The van der Waals surface area contributed by atoms with Crippen LogP contribution in [0.1, 0.15) is 47.6 Å². The predicted molar refractivity (Wildman–Crippen MR) is 95.1 cm³/mol. The molecule has 5 nitrogen and oxygen atoms in total. The Hall–Kier alpha value is -2.14. The van der Waals surface area contributed by atoms with Gasteiger partial charge in [0.2, 0.25) is 0 Å². The smallest absolute Gasteiger partial charge is 0.251 e. The van der Waals surface area contributed by atoms with Crippen LogP contribution in [0.3, 0.4) is 0 Å². The van der Waals surface area contributed by atoms with Crippen LogP contribution in [0.5, 0.6) is 0 Å². The number of carbonyl (C=O) groups excluding carboxylic acids is 1. The third kappa shape index (κ3) is 4.93. The van der Waals surface area contributed by atoms with E-state index < -0.39 is 0 Å². The zero-order valence-electron chi connectivity index (χ0n) is 15.0. The number of hydrogen-bond donors (Lipinski definition) is 2. The highest BCUT2D eigenvalue weighted by molar-refractivity contribution is 5.94. The van der Waals surface area contributed by atoms with E-state index in [0.717, 1.165) is 17.0 Å². The van der Waals surface area contributed by atoms with Crippen molar-refractivity contribution in [1.29, 1.82) is 0 Å². The Morgan fingerprint density at radius 3 is 2.67 bits per heavy atom. The van der Waals surface area contributed by atoms with E-state index in [1.54, 1.807) is 0 Å². The number of rotatable bonds is 7. The Kier molecular flexibility index (Phi) is 5.78. The summed E-state index contributed by atoms with van der Waals surface area (Å²) in [7, 11) is 0. The first-order chi connectivity index (χ1) is 11.3. The monoisotopic (exact) mass is 329 g/mol. The number of aliphatic hydroxyl groups excluding tert-OH is 1. The molecule has 0 bridgehead atoms. The van der Waals surface area contributed by atoms with Crippen molar-refractivity contribution in [3.63, 3.8) is 0 Å². The van der Waals surface area contributed by atoms with Gasteiger partial charge >= 0.3 is 0 Å². The highest BCUT2D eigenvalue weighted by Gasteiger charge is 2.18. The van der Waals surface area contributed by atoms with Crippen molar-refractivity contribution in [2.24, 2.45) is 5.41 Å². The first-order valence-electron chi connectivity index (χ1n) is 8.30. The number of aryl methyl sites for hydroxylation is 2. The minimum Gasteiger partial charge on any atom is -0.396 e. The Morgan fingerprint density at radius 2 is 2.04 bits per heavy atom. The van der Waals surface area contributed by atoms with Crippen molar-refractivity contribution in [3.05, 3.63) is 52.8 Å². The number of nitrogens with one attached hydrogen (secondary N) is 1. The molecule has 1 amide bonds. The topological polar surface area (TPSA) is 67.2 Å². The summed E-state index contributed by atoms with van der Waals surface area (Å²) in [6, 6.07) is 9.67. The van der Waals surface area contributed by atoms with Gasteiger partial charge in [0.25, 0.3) is 5.91 Å². The van der Waals surface area contributed by atoms with Crippen LogP contribution in [0.25, 0.3) is 0 Å². The van der Waals surface area contributed by atoms with Gasteiger partial charge in [-0.25, -0.2) is 0 Å². The molecule has 5 heteroatoms. The predicted octanol–water partition coefficient (Wildman–Crippen LogP) is 2.69. The highest BCUT2D eigenvalue weighted by Crippen LogP contribution is 2.18. The summed E-state index contributed by atoms with van der Waals surface area (Å²) in [5.74, 6) is -0.0868. The van der Waals surface area contributed by atoms with Gasteiger partial charge in [0.1, 0.15) is 0 Å². The van der Waals surface area contributed by atoms with E-state index in [1.807, 2.05) is 62.7 Å². The minimum atomic E-state index is -0.119. The van der Waals surface area contributed by atoms with Crippen molar-refractivity contribution in [3.8, 4) is 0 Å². The largest absolute Gasteiger partial charge is 0.396 e. The molecule has 0 aliphatic rings. The van der Waals surface area contributed by atoms with Crippen LogP contribution < -0.4 is 5.32 Å². The van der Waals surface area contributed by atoms with E-state index in [-0.39, 0.29) is 17.9 Å². The SMILES string of the molecule is Cc1cc(C)n(Cc2cccc(C(=O)NCC(C)(C)CCO)c2)n1. The van der Waals surface area contributed by atoms with Gasteiger partial charge in [-0.3, -0.25) is 9.48 Å². The number of aliphatic hydroxyl groups is 1. The lowest BCUT2D eigenvalue weighted by Gasteiger charge is -2.23. The molecule has 2 aromatic rings. The summed E-state index contributed by atoms with van der Waals surface area (Å²) in [5.41, 5.74) is 3.67. The number of benzene rings is 1. The maximum atomic E-state index is 12.4. The van der Waals surface area contributed by atoms with E-state index in [4.69, 9.17) is 5.11 Å². The van der Waals surface area contributed by atoms with Gasteiger partial charge in [0.15, 0.2) is 0 Å². The second-order valence-electron chi connectivity index (χ2n) is 7.11. The summed E-state index contributed by atoms with van der Waals surface area (Å²) < 4.78 is 1.94. The first-order valence-corrected chi connectivity index (χ1v) is 8.30. The Morgan fingerprint density at radius 1 is 1.29 bits per heavy atom. The Balaban J connectivity index is 2.04. The van der Waals surface area contributed by atoms with Gasteiger partial charge in [-0.1, -0.05) is 26.0 Å². The van der Waals surface area contributed by atoms with E-state index in [1.165, 1.54) is 0 Å². The fourth-order valence-electron chi connectivity index (χ4n) is 2.63. The first kappa shape index (κ1) is 18.2. The average Bonchev–Trinajstić information content (AvgIpc) is 2.83. The normalized spacial score (nSPS) is 11.5. The molecule has 130 valence electrons. The molecule has 0 spiro atoms. The van der Waals surface area contributed by atoms with Crippen LogP contribution in [0.4, 0.5) is 0 Å². The lowest BCUT2D eigenvalue weighted by molar-refractivity contribution is 0.0928. The number of aromatic nitrogens is 2. The number of amides is 1. The Bertz CT molecular complexity index is 704. The second-order valence-corrected chi connectivity index (χ2v) is 7.11. The van der Waals surface area contributed by atoms with Crippen LogP contribution in [0, 0.1) is 19.3 Å². The van der Waals surface area contributed by atoms with Crippen LogP contribution in [0.15, 0.2) is 30.3 Å². The molecule has 0 saturated heterocycles. The van der Waals surface area contributed by atoms with Crippen LogP contribution in [0.2, 0.25) is 0 Å². The van der Waals surface area contributed by atoms with E-state index >= 15 is 0 Å². The number of nitrogens with zero attached hydrogens (tertiary/aromatic N) is 2. The quantitative estimate of drug-likeness (QED) is 0.821. The zero-order chi connectivity index (χ0) is 17.7. The summed E-state index contributed by atoms with van der Waals surface area (Å²) in [6.07, 6.45) is 0.658. The van der Waals surface area contributed by atoms with Crippen molar-refractivity contribution in [1.82, 2.24) is 15.1 Å². The molecule has 2 N–H and O–H groups in total. The Labute approximate surface area is 143 Å². The van der Waals surface area contributed by atoms with Crippen molar-refractivity contribution < 1.29 is 9.90 Å². The molecular formula is C19H27N3O2. The second kappa shape index (κ2) is 7.62. The average molecular weight is 329 g/mol. The van der Waals surface area contributed by atoms with Crippen LogP contribution in [-0.4, -0.2) is 33.9 Å². The molecule has 0 saturated carbocycles. The van der Waals surface area contributed by atoms with E-state index in [9.17, 15) is 4.79 Å². The molecule has 1 aromatic carbocycles. The highest BCUT2D eigenvalue weighted by atomic mass is 16.3. The van der Waals surface area contributed by atoms with Crippen molar-refractivity contribution in [2.75, 3.05) is 13.2 Å². The number of hydrogen-bond acceptors (Lipinski definition) is 3. The van der Waals surface area contributed by atoms with E-state index in [0.29, 0.717) is 25.1 Å². The molecular weight excluding hydrogens is 302 g/mol. The fourth-order valence-corrected chi connectivity index (χ4v) is 2.63. The molecule has 0 aliphatic carbocycles. The maximum absolute atomic E-state index is 12.4. The summed E-state index contributed by atoms with van der Waals surface area (Å²) in [6.45, 7) is 9.37. The van der Waals surface area contributed by atoms with E-state index in [2.05, 4.69) is 10.4 Å². The molecule has 24 heavy (non-hydrogen) atoms. The van der Waals surface area contributed by atoms with Gasteiger partial charge < -0.3 is 10.4 Å². The van der Waals surface area contributed by atoms with Gasteiger partial charge in [-0.05, 0) is 49.4 Å². The van der Waals surface area contributed by atoms with Gasteiger partial charge in [0, 0.05) is 24.4 Å². The third-order valence-corrected chi connectivity index (χ3v) is 4.14. The summed E-state index contributed by atoms with van der Waals surface area (Å²) in [5, 5.41) is 16.5. The standard InChI is InChI=1S/C19H27N3O2/c1-14-10-15(2)22(21-14)12-16-6-5-7-17(11-16)18(24)20-13-19(3,4)8-9-23/h5-7,10-11,23H,8-9,12-13H2,1-4H3,(H,20,24). The number of carbonyl (C=O) groups is 1. The third-order valence-electron chi connectivity index (χ3n) is 4.14. The summed E-state index contributed by atoms with van der Waals surface area (Å²) >= 11 is 0. The van der Waals surface area contributed by atoms with Crippen molar-refractivity contribution >= 4 is 5.91 Å². The molecule has 0 fully saturated rings. The molecule has 1 aromatic heterocycles. The molecule has 0 atom stereocenters. The van der Waals surface area contributed by atoms with Gasteiger partial charge in [0.05, 0.1) is 12.2 Å². The summed E-state index contributed by atoms with van der Waals surface area (Å²) in [4.78, 5) is 12.4. The molecule has 2 rings (SSSR count). The molecule has 0 aliphatic heterocycles. The molecule has 0 unspecified atom stereocenters. The van der Waals surface area contributed by atoms with Crippen LogP contribution >= 0.6 is 0 Å². The van der Waals surface area contributed by atoms with Crippen LogP contribution in [-0.2, 0) is 6.54 Å². The lowest BCUT2D eigenvalue weighted by atomic mass is 9.89. The van der Waals surface area contributed by atoms with Gasteiger partial charge in [-0.15, -0.1) is 0 Å². The zero-order valence-corrected chi connectivity index (χ0v) is 15.0. The lowest BCUT2D eigenvalue weighted by Crippen LogP contribution is -2.34. The van der Waals surface area contributed by atoms with Crippen molar-refractivity contribution in [2.45, 2.75) is 40.7 Å². The fraction of sp³-hybridized carbons (Fsp3) is 0.474. The maximum Gasteiger partial charge on any atom is 0.251 e. The molecule has 0 radical (unpaired) electrons. The molecule has 1 heterocycles.